The monoisotopic (exact) mass is 241 g/mol. The molecule has 0 fully saturated rings. The van der Waals surface area contributed by atoms with E-state index in [1.54, 1.807) is 23.5 Å². The highest BCUT2D eigenvalue weighted by molar-refractivity contribution is 7.15. The Bertz CT molecular complexity index is 488. The van der Waals surface area contributed by atoms with E-state index in [0.29, 0.717) is 0 Å². The number of halogens is 2. The molecule has 1 heterocycles. The van der Waals surface area contributed by atoms with Crippen LogP contribution in [0.4, 0.5) is 4.39 Å². The number of aromatic nitrogens is 1. The number of nitrogens with zero attached hydrogens (tertiary/aromatic N) is 1. The minimum absolute atomic E-state index is 0.137. The van der Waals surface area contributed by atoms with Gasteiger partial charge >= 0.3 is 0 Å². The molecule has 0 aliphatic heterocycles. The summed E-state index contributed by atoms with van der Waals surface area (Å²) in [5.41, 5.74) is 1.87. The molecule has 4 heteroatoms. The minimum atomic E-state index is -0.398. The molecular formula is C11H9ClFNS. The fourth-order valence-electron chi connectivity index (χ4n) is 1.23. The summed E-state index contributed by atoms with van der Waals surface area (Å²) in [6.07, 6.45) is 0. The molecule has 0 unspecified atom stereocenters. The van der Waals surface area contributed by atoms with Gasteiger partial charge in [0.05, 0.1) is 10.7 Å². The summed E-state index contributed by atoms with van der Waals surface area (Å²) < 4.78 is 12.9. The molecule has 78 valence electrons. The zero-order valence-corrected chi connectivity index (χ0v) is 9.92. The SMILES string of the molecule is Cc1nc(-c2ccc(F)c(Cl)c2)sc1C. The van der Waals surface area contributed by atoms with Crippen molar-refractivity contribution in [2.75, 3.05) is 0 Å². The quantitative estimate of drug-likeness (QED) is 0.729. The normalized spacial score (nSPS) is 10.7. The van der Waals surface area contributed by atoms with Crippen molar-refractivity contribution in [1.29, 1.82) is 0 Å². The molecule has 1 aromatic heterocycles. The van der Waals surface area contributed by atoms with E-state index >= 15 is 0 Å². The van der Waals surface area contributed by atoms with E-state index in [1.807, 2.05) is 13.8 Å². The standard InChI is InChI=1S/C11H9ClFNS/c1-6-7(2)15-11(14-6)8-3-4-10(13)9(12)5-8/h3-5H,1-2H3. The lowest BCUT2D eigenvalue weighted by Crippen LogP contribution is -1.80. The Morgan fingerprint density at radius 2 is 2.07 bits per heavy atom. The van der Waals surface area contributed by atoms with Gasteiger partial charge in [-0.05, 0) is 32.0 Å². The summed E-state index contributed by atoms with van der Waals surface area (Å²) in [5.74, 6) is -0.398. The molecular weight excluding hydrogens is 233 g/mol. The molecule has 1 nitrogen and oxygen atoms in total. The summed E-state index contributed by atoms with van der Waals surface area (Å²) in [5, 5.41) is 1.02. The minimum Gasteiger partial charge on any atom is -0.241 e. The lowest BCUT2D eigenvalue weighted by molar-refractivity contribution is 0.628. The van der Waals surface area contributed by atoms with Gasteiger partial charge < -0.3 is 0 Å². The molecule has 0 N–H and O–H groups in total. The molecule has 2 aromatic rings. The first kappa shape index (κ1) is 10.6. The molecule has 2 rings (SSSR count). The molecule has 15 heavy (non-hydrogen) atoms. The van der Waals surface area contributed by atoms with Crippen LogP contribution < -0.4 is 0 Å². The smallest absolute Gasteiger partial charge is 0.141 e. The fourth-order valence-corrected chi connectivity index (χ4v) is 2.32. The van der Waals surface area contributed by atoms with Gasteiger partial charge in [-0.15, -0.1) is 11.3 Å². The van der Waals surface area contributed by atoms with Crippen LogP contribution in [0.15, 0.2) is 18.2 Å². The van der Waals surface area contributed by atoms with Gasteiger partial charge in [-0.1, -0.05) is 11.6 Å². The van der Waals surface area contributed by atoms with E-state index in [-0.39, 0.29) is 5.02 Å². The maximum absolute atomic E-state index is 12.9. The van der Waals surface area contributed by atoms with Crippen molar-refractivity contribution in [3.63, 3.8) is 0 Å². The van der Waals surface area contributed by atoms with Gasteiger partial charge in [0.1, 0.15) is 10.8 Å². The first-order valence-electron chi connectivity index (χ1n) is 4.47. The van der Waals surface area contributed by atoms with Crippen LogP contribution in [0.3, 0.4) is 0 Å². The molecule has 0 saturated carbocycles. The third kappa shape index (κ3) is 2.03. The third-order valence-electron chi connectivity index (χ3n) is 2.20. The lowest BCUT2D eigenvalue weighted by Gasteiger charge is -1.97. The Morgan fingerprint density at radius 1 is 1.33 bits per heavy atom. The van der Waals surface area contributed by atoms with E-state index < -0.39 is 5.82 Å². The number of thiazole rings is 1. The van der Waals surface area contributed by atoms with Crippen LogP contribution in [0, 0.1) is 19.7 Å². The number of rotatable bonds is 1. The van der Waals surface area contributed by atoms with Crippen molar-refractivity contribution in [1.82, 2.24) is 4.98 Å². The van der Waals surface area contributed by atoms with Crippen LogP contribution in [0.1, 0.15) is 10.6 Å². The highest BCUT2D eigenvalue weighted by Gasteiger charge is 2.08. The first-order chi connectivity index (χ1) is 7.08. The van der Waals surface area contributed by atoms with Crippen molar-refractivity contribution >= 4 is 22.9 Å². The molecule has 0 aliphatic carbocycles. The highest BCUT2D eigenvalue weighted by Crippen LogP contribution is 2.29. The van der Waals surface area contributed by atoms with Crippen LogP contribution in [0.2, 0.25) is 5.02 Å². The summed E-state index contributed by atoms with van der Waals surface area (Å²) in [7, 11) is 0. The van der Waals surface area contributed by atoms with E-state index in [9.17, 15) is 4.39 Å². The Hall–Kier alpha value is -0.930. The average Bonchev–Trinajstić information content (AvgIpc) is 2.52. The predicted molar refractivity (Wildman–Crippen MR) is 62.0 cm³/mol. The molecule has 0 amide bonds. The van der Waals surface area contributed by atoms with Gasteiger partial charge in [-0.3, -0.25) is 0 Å². The molecule has 0 aliphatic rings. The highest BCUT2D eigenvalue weighted by atomic mass is 35.5. The van der Waals surface area contributed by atoms with Gasteiger partial charge in [0.15, 0.2) is 0 Å². The van der Waals surface area contributed by atoms with Crippen LogP contribution in [-0.4, -0.2) is 4.98 Å². The zero-order chi connectivity index (χ0) is 11.0. The summed E-state index contributed by atoms with van der Waals surface area (Å²) >= 11 is 7.30. The van der Waals surface area contributed by atoms with Gasteiger partial charge in [-0.25, -0.2) is 9.37 Å². The lowest BCUT2D eigenvalue weighted by atomic mass is 10.2. The first-order valence-corrected chi connectivity index (χ1v) is 5.67. The van der Waals surface area contributed by atoms with Crippen LogP contribution in [0.25, 0.3) is 10.6 Å². The van der Waals surface area contributed by atoms with Gasteiger partial charge in [0, 0.05) is 10.4 Å². The average molecular weight is 242 g/mol. The molecule has 0 bridgehead atoms. The third-order valence-corrected chi connectivity index (χ3v) is 3.61. The molecule has 0 atom stereocenters. The van der Waals surface area contributed by atoms with Crippen molar-refractivity contribution < 1.29 is 4.39 Å². The van der Waals surface area contributed by atoms with Crippen LogP contribution in [-0.2, 0) is 0 Å². The Morgan fingerprint density at radius 3 is 2.60 bits per heavy atom. The van der Waals surface area contributed by atoms with Crippen LogP contribution in [0.5, 0.6) is 0 Å². The summed E-state index contributed by atoms with van der Waals surface area (Å²) in [4.78, 5) is 5.56. The number of hydrogen-bond acceptors (Lipinski definition) is 2. The molecule has 0 radical (unpaired) electrons. The van der Waals surface area contributed by atoms with Crippen molar-refractivity contribution in [3.05, 3.63) is 39.6 Å². The predicted octanol–water partition coefficient (Wildman–Crippen LogP) is 4.22. The van der Waals surface area contributed by atoms with Crippen LogP contribution >= 0.6 is 22.9 Å². The second-order valence-corrected chi connectivity index (χ2v) is 4.90. The number of hydrogen-bond donors (Lipinski definition) is 0. The van der Waals surface area contributed by atoms with Crippen molar-refractivity contribution in [2.45, 2.75) is 13.8 Å². The van der Waals surface area contributed by atoms with E-state index in [1.165, 1.54) is 10.9 Å². The molecule has 0 saturated heterocycles. The van der Waals surface area contributed by atoms with Crippen molar-refractivity contribution in [2.24, 2.45) is 0 Å². The largest absolute Gasteiger partial charge is 0.241 e. The Labute approximate surface area is 96.5 Å². The maximum Gasteiger partial charge on any atom is 0.141 e. The second-order valence-electron chi connectivity index (χ2n) is 3.29. The van der Waals surface area contributed by atoms with Crippen molar-refractivity contribution in [3.8, 4) is 10.6 Å². The number of aryl methyl sites for hydroxylation is 2. The van der Waals surface area contributed by atoms with E-state index in [2.05, 4.69) is 4.98 Å². The van der Waals surface area contributed by atoms with E-state index in [4.69, 9.17) is 11.6 Å². The topological polar surface area (TPSA) is 12.9 Å². The number of benzene rings is 1. The van der Waals surface area contributed by atoms with Gasteiger partial charge in [0.25, 0.3) is 0 Å². The second kappa shape index (κ2) is 3.91. The van der Waals surface area contributed by atoms with Gasteiger partial charge in [-0.2, -0.15) is 0 Å². The Kier molecular flexibility index (Phi) is 2.76. The van der Waals surface area contributed by atoms with Gasteiger partial charge in [0.2, 0.25) is 0 Å². The maximum atomic E-state index is 12.9. The summed E-state index contributed by atoms with van der Waals surface area (Å²) in [6, 6.07) is 4.66. The molecule has 1 aromatic carbocycles. The summed E-state index contributed by atoms with van der Waals surface area (Å²) in [6.45, 7) is 3.97. The fraction of sp³-hybridized carbons (Fsp3) is 0.182. The zero-order valence-electron chi connectivity index (χ0n) is 8.34. The molecule has 0 spiro atoms. The van der Waals surface area contributed by atoms with E-state index in [0.717, 1.165) is 16.3 Å². The Balaban J connectivity index is 2.49.